The fourth-order valence-electron chi connectivity index (χ4n) is 1.66. The van der Waals surface area contributed by atoms with E-state index in [1.807, 2.05) is 0 Å². The summed E-state index contributed by atoms with van der Waals surface area (Å²) in [5.41, 5.74) is 0.719. The number of benzene rings is 1. The predicted molar refractivity (Wildman–Crippen MR) is 70.0 cm³/mol. The van der Waals surface area contributed by atoms with Crippen LogP contribution in [0.4, 0.5) is 14.5 Å². The SMILES string of the molecule is Cc1noc(C)c1NC(=O)C=Cc1c(F)cccc1F. The molecule has 0 bridgehead atoms. The first kappa shape index (κ1) is 13.9. The van der Waals surface area contributed by atoms with Crippen molar-refractivity contribution in [2.45, 2.75) is 13.8 Å². The van der Waals surface area contributed by atoms with Gasteiger partial charge in [0.15, 0.2) is 5.76 Å². The number of carbonyl (C=O) groups excluding carboxylic acids is 1. The Balaban J connectivity index is 2.14. The zero-order chi connectivity index (χ0) is 14.7. The van der Waals surface area contributed by atoms with Crippen LogP contribution in [-0.4, -0.2) is 11.1 Å². The molecule has 1 amide bonds. The zero-order valence-corrected chi connectivity index (χ0v) is 10.9. The number of hydrogen-bond donors (Lipinski definition) is 1. The number of carbonyl (C=O) groups is 1. The van der Waals surface area contributed by atoms with E-state index in [1.54, 1.807) is 13.8 Å². The van der Waals surface area contributed by atoms with Crippen molar-refractivity contribution in [2.75, 3.05) is 5.32 Å². The normalized spacial score (nSPS) is 11.0. The van der Waals surface area contributed by atoms with Gasteiger partial charge in [-0.3, -0.25) is 4.79 Å². The van der Waals surface area contributed by atoms with Gasteiger partial charge in [-0.1, -0.05) is 11.2 Å². The Morgan fingerprint density at radius 2 is 1.95 bits per heavy atom. The molecule has 20 heavy (non-hydrogen) atoms. The van der Waals surface area contributed by atoms with Gasteiger partial charge >= 0.3 is 0 Å². The molecule has 2 rings (SSSR count). The third-order valence-electron chi connectivity index (χ3n) is 2.68. The van der Waals surface area contributed by atoms with Crippen LogP contribution in [0.3, 0.4) is 0 Å². The van der Waals surface area contributed by atoms with Gasteiger partial charge in [0.05, 0.1) is 0 Å². The lowest BCUT2D eigenvalue weighted by Crippen LogP contribution is -2.09. The third kappa shape index (κ3) is 2.90. The molecule has 0 aliphatic carbocycles. The first-order valence-electron chi connectivity index (χ1n) is 5.85. The van der Waals surface area contributed by atoms with E-state index in [4.69, 9.17) is 4.52 Å². The molecule has 0 saturated heterocycles. The minimum atomic E-state index is -0.730. The monoisotopic (exact) mass is 278 g/mol. The number of aromatic nitrogens is 1. The first-order valence-corrected chi connectivity index (χ1v) is 5.85. The van der Waals surface area contributed by atoms with Crippen molar-refractivity contribution in [3.63, 3.8) is 0 Å². The number of hydrogen-bond acceptors (Lipinski definition) is 3. The van der Waals surface area contributed by atoms with Gasteiger partial charge < -0.3 is 9.84 Å². The maximum atomic E-state index is 13.4. The summed E-state index contributed by atoms with van der Waals surface area (Å²) in [6.07, 6.45) is 2.13. The van der Waals surface area contributed by atoms with Gasteiger partial charge in [0.1, 0.15) is 23.0 Å². The van der Waals surface area contributed by atoms with Crippen LogP contribution in [0.2, 0.25) is 0 Å². The highest BCUT2D eigenvalue weighted by Crippen LogP contribution is 2.19. The molecule has 0 aliphatic heterocycles. The highest BCUT2D eigenvalue weighted by Gasteiger charge is 2.11. The summed E-state index contributed by atoms with van der Waals surface area (Å²) in [6, 6.07) is 3.50. The van der Waals surface area contributed by atoms with Gasteiger partial charge in [-0.2, -0.15) is 0 Å². The Morgan fingerprint density at radius 3 is 2.50 bits per heavy atom. The zero-order valence-electron chi connectivity index (χ0n) is 10.9. The Morgan fingerprint density at radius 1 is 1.30 bits per heavy atom. The number of nitrogens with zero attached hydrogens (tertiary/aromatic N) is 1. The van der Waals surface area contributed by atoms with Crippen molar-refractivity contribution in [2.24, 2.45) is 0 Å². The molecule has 104 valence electrons. The second kappa shape index (κ2) is 5.64. The van der Waals surface area contributed by atoms with Crippen molar-refractivity contribution >= 4 is 17.7 Å². The molecule has 4 nitrogen and oxygen atoms in total. The van der Waals surface area contributed by atoms with E-state index in [9.17, 15) is 13.6 Å². The lowest BCUT2D eigenvalue weighted by Gasteiger charge is -2.01. The molecule has 2 aromatic rings. The summed E-state index contributed by atoms with van der Waals surface area (Å²) >= 11 is 0. The van der Waals surface area contributed by atoms with E-state index in [2.05, 4.69) is 10.5 Å². The summed E-state index contributed by atoms with van der Waals surface area (Å²) in [6.45, 7) is 3.32. The lowest BCUT2D eigenvalue weighted by molar-refractivity contribution is -0.111. The number of rotatable bonds is 3. The van der Waals surface area contributed by atoms with Gasteiger partial charge in [0.2, 0.25) is 5.91 Å². The number of halogens is 2. The maximum absolute atomic E-state index is 13.4. The number of nitrogens with one attached hydrogen (secondary N) is 1. The third-order valence-corrected chi connectivity index (χ3v) is 2.68. The van der Waals surface area contributed by atoms with E-state index in [1.165, 1.54) is 6.07 Å². The Bertz CT molecular complexity index is 638. The molecule has 0 atom stereocenters. The van der Waals surface area contributed by atoms with E-state index in [0.717, 1.165) is 24.3 Å². The average molecular weight is 278 g/mol. The smallest absolute Gasteiger partial charge is 0.248 e. The van der Waals surface area contributed by atoms with Crippen LogP contribution < -0.4 is 5.32 Å². The van der Waals surface area contributed by atoms with Crippen LogP contribution in [0.25, 0.3) is 6.08 Å². The summed E-state index contributed by atoms with van der Waals surface area (Å²) in [5.74, 6) is -1.53. The summed E-state index contributed by atoms with van der Waals surface area (Å²) in [5, 5.41) is 6.22. The van der Waals surface area contributed by atoms with Crippen LogP contribution >= 0.6 is 0 Å². The standard InChI is InChI=1S/C14H12F2N2O2/c1-8-14(9(2)20-18-8)17-13(19)7-6-10-11(15)4-3-5-12(10)16/h3-7H,1-2H3,(H,17,19). The topological polar surface area (TPSA) is 55.1 Å². The molecular weight excluding hydrogens is 266 g/mol. The predicted octanol–water partition coefficient (Wildman–Crippen LogP) is 3.22. The highest BCUT2D eigenvalue weighted by molar-refractivity contribution is 6.02. The maximum Gasteiger partial charge on any atom is 0.248 e. The Labute approximate surface area is 114 Å². The molecule has 0 radical (unpaired) electrons. The van der Waals surface area contributed by atoms with Crippen molar-refractivity contribution in [3.8, 4) is 0 Å². The molecule has 1 aromatic carbocycles. The molecule has 0 unspecified atom stereocenters. The molecular formula is C14H12F2N2O2. The molecule has 0 spiro atoms. The molecule has 1 aromatic heterocycles. The largest absolute Gasteiger partial charge is 0.359 e. The fraction of sp³-hybridized carbons (Fsp3) is 0.143. The van der Waals surface area contributed by atoms with Crippen LogP contribution in [0.1, 0.15) is 17.0 Å². The second-order valence-corrected chi connectivity index (χ2v) is 4.16. The van der Waals surface area contributed by atoms with Crippen molar-refractivity contribution in [3.05, 3.63) is 52.9 Å². The van der Waals surface area contributed by atoms with E-state index in [0.29, 0.717) is 17.1 Å². The fourth-order valence-corrected chi connectivity index (χ4v) is 1.66. The molecule has 1 N–H and O–H groups in total. The lowest BCUT2D eigenvalue weighted by atomic mass is 10.2. The van der Waals surface area contributed by atoms with E-state index in [-0.39, 0.29) is 5.56 Å². The van der Waals surface area contributed by atoms with Crippen molar-refractivity contribution in [1.82, 2.24) is 5.16 Å². The molecule has 0 saturated carbocycles. The van der Waals surface area contributed by atoms with Gasteiger partial charge in [0, 0.05) is 11.6 Å². The van der Waals surface area contributed by atoms with Crippen LogP contribution in [0.15, 0.2) is 28.8 Å². The Kier molecular flexibility index (Phi) is 3.93. The average Bonchev–Trinajstić information content (AvgIpc) is 2.70. The van der Waals surface area contributed by atoms with Crippen LogP contribution in [-0.2, 0) is 4.79 Å². The number of aryl methyl sites for hydroxylation is 2. The number of anilines is 1. The van der Waals surface area contributed by atoms with Crippen LogP contribution in [0, 0.1) is 25.5 Å². The summed E-state index contributed by atoms with van der Waals surface area (Å²) in [4.78, 5) is 11.7. The number of amides is 1. The summed E-state index contributed by atoms with van der Waals surface area (Å²) < 4.78 is 31.6. The Hall–Kier alpha value is -2.50. The van der Waals surface area contributed by atoms with Crippen molar-refractivity contribution < 1.29 is 18.1 Å². The van der Waals surface area contributed by atoms with Gasteiger partial charge in [-0.15, -0.1) is 0 Å². The van der Waals surface area contributed by atoms with E-state index < -0.39 is 17.5 Å². The molecule has 6 heteroatoms. The van der Waals surface area contributed by atoms with Crippen molar-refractivity contribution in [1.29, 1.82) is 0 Å². The first-order chi connectivity index (χ1) is 9.49. The van der Waals surface area contributed by atoms with Gasteiger partial charge in [-0.05, 0) is 32.1 Å². The second-order valence-electron chi connectivity index (χ2n) is 4.16. The molecule has 0 fully saturated rings. The van der Waals surface area contributed by atoms with Gasteiger partial charge in [0.25, 0.3) is 0 Å². The highest BCUT2D eigenvalue weighted by atomic mass is 19.1. The molecule has 1 heterocycles. The molecule has 0 aliphatic rings. The minimum absolute atomic E-state index is 0.263. The minimum Gasteiger partial charge on any atom is -0.359 e. The summed E-state index contributed by atoms with van der Waals surface area (Å²) in [7, 11) is 0. The van der Waals surface area contributed by atoms with E-state index >= 15 is 0 Å². The van der Waals surface area contributed by atoms with Gasteiger partial charge in [-0.25, -0.2) is 8.78 Å². The quantitative estimate of drug-likeness (QED) is 0.877. The van der Waals surface area contributed by atoms with Crippen LogP contribution in [0.5, 0.6) is 0 Å².